The molecule has 7 heteroatoms. The summed E-state index contributed by atoms with van der Waals surface area (Å²) in [5, 5.41) is 0. The van der Waals surface area contributed by atoms with Crippen molar-refractivity contribution in [1.29, 1.82) is 0 Å². The van der Waals surface area contributed by atoms with Crippen LogP contribution in [0.1, 0.15) is 20.3 Å². The minimum Gasteiger partial charge on any atom is -0.378 e. The van der Waals surface area contributed by atoms with Gasteiger partial charge in [0.1, 0.15) is 0 Å². The molecule has 170 valence electrons. The summed E-state index contributed by atoms with van der Waals surface area (Å²) in [7, 11) is 0. The van der Waals surface area contributed by atoms with Crippen LogP contribution in [-0.4, -0.2) is 92.4 Å². The Morgan fingerprint density at radius 3 is 2.32 bits per heavy atom. The van der Waals surface area contributed by atoms with E-state index in [-0.39, 0.29) is 11.4 Å². The lowest BCUT2D eigenvalue weighted by Gasteiger charge is -2.48. The lowest BCUT2D eigenvalue weighted by Crippen LogP contribution is -2.55. The maximum absolute atomic E-state index is 13.3. The van der Waals surface area contributed by atoms with E-state index in [2.05, 4.69) is 52.8 Å². The predicted octanol–water partition coefficient (Wildman–Crippen LogP) is 3.23. The van der Waals surface area contributed by atoms with Crippen LogP contribution in [-0.2, 0) is 4.74 Å². The number of fused-ring (bicyclic) bond motifs is 4. The van der Waals surface area contributed by atoms with E-state index in [0.29, 0.717) is 38.3 Å². The van der Waals surface area contributed by atoms with E-state index in [1.54, 1.807) is 0 Å². The molecule has 0 radical (unpaired) electrons. The Labute approximate surface area is 190 Å². The van der Waals surface area contributed by atoms with Gasteiger partial charge >= 0.3 is 6.03 Å². The fourth-order valence-corrected chi connectivity index (χ4v) is 6.81. The quantitative estimate of drug-likeness (QED) is 0.700. The highest BCUT2D eigenvalue weighted by molar-refractivity contribution is 7.99. The second-order valence-electron chi connectivity index (χ2n) is 10.1. The number of carbonyl (C=O) groups excluding carboxylic acids is 1. The van der Waals surface area contributed by atoms with Gasteiger partial charge in [0.05, 0.1) is 19.3 Å². The number of piperidine rings is 1. The topological polar surface area (TPSA) is 39.3 Å². The Hall–Kier alpha value is -1.60. The highest BCUT2D eigenvalue weighted by Gasteiger charge is 2.47. The molecule has 1 aromatic rings. The fourth-order valence-electron chi connectivity index (χ4n) is 5.91. The van der Waals surface area contributed by atoms with Crippen LogP contribution in [0.5, 0.6) is 0 Å². The summed E-state index contributed by atoms with van der Waals surface area (Å²) in [5.41, 5.74) is 2.83. The zero-order chi connectivity index (χ0) is 21.4. The van der Waals surface area contributed by atoms with Gasteiger partial charge < -0.3 is 24.3 Å². The van der Waals surface area contributed by atoms with E-state index in [0.717, 1.165) is 32.7 Å². The van der Waals surface area contributed by atoms with Gasteiger partial charge in [-0.2, -0.15) is 11.8 Å². The van der Waals surface area contributed by atoms with Crippen molar-refractivity contribution >= 4 is 29.2 Å². The van der Waals surface area contributed by atoms with Crippen LogP contribution >= 0.6 is 11.8 Å². The largest absolute Gasteiger partial charge is 0.378 e. The lowest BCUT2D eigenvalue weighted by atomic mass is 9.73. The van der Waals surface area contributed by atoms with Crippen LogP contribution < -0.4 is 9.80 Å². The number of anilines is 2. The number of urea groups is 1. The third kappa shape index (κ3) is 4.36. The molecule has 5 aliphatic heterocycles. The van der Waals surface area contributed by atoms with Crippen molar-refractivity contribution < 1.29 is 9.53 Å². The van der Waals surface area contributed by atoms with Gasteiger partial charge in [0.25, 0.3) is 0 Å². The first-order valence-corrected chi connectivity index (χ1v) is 13.0. The number of amides is 2. The van der Waals surface area contributed by atoms with Gasteiger partial charge in [-0.3, -0.25) is 0 Å². The number of nitrogens with zero attached hydrogens (tertiary/aromatic N) is 4. The molecule has 0 N–H and O–H groups in total. The van der Waals surface area contributed by atoms with Crippen molar-refractivity contribution in [1.82, 2.24) is 9.80 Å². The van der Waals surface area contributed by atoms with Crippen molar-refractivity contribution in [2.75, 3.05) is 80.3 Å². The normalized spacial score (nSPS) is 28.6. The van der Waals surface area contributed by atoms with Crippen LogP contribution in [0.15, 0.2) is 24.3 Å². The van der Waals surface area contributed by atoms with E-state index in [4.69, 9.17) is 4.74 Å². The summed E-state index contributed by atoms with van der Waals surface area (Å²) in [6.45, 7) is 12.5. The smallest absolute Gasteiger partial charge is 0.320 e. The minimum atomic E-state index is 0.186. The zero-order valence-corrected chi connectivity index (χ0v) is 19.8. The Morgan fingerprint density at radius 1 is 0.935 bits per heavy atom. The number of rotatable bonds is 2. The lowest BCUT2D eigenvalue weighted by molar-refractivity contribution is 0.0428. The first-order chi connectivity index (χ1) is 15.0. The Morgan fingerprint density at radius 2 is 1.61 bits per heavy atom. The molecule has 6 rings (SSSR count). The molecule has 6 nitrogen and oxygen atoms in total. The molecule has 2 amide bonds. The van der Waals surface area contributed by atoms with Crippen molar-refractivity contribution in [2.45, 2.75) is 26.3 Å². The summed E-state index contributed by atoms with van der Waals surface area (Å²) >= 11 is 2.05. The van der Waals surface area contributed by atoms with Gasteiger partial charge in [-0.05, 0) is 42.0 Å². The number of thioether (sulfide) groups is 1. The molecule has 5 fully saturated rings. The molecule has 0 spiro atoms. The van der Waals surface area contributed by atoms with Crippen LogP contribution in [0.3, 0.4) is 0 Å². The summed E-state index contributed by atoms with van der Waals surface area (Å²) < 4.78 is 5.45. The van der Waals surface area contributed by atoms with E-state index >= 15 is 0 Å². The molecule has 0 aliphatic carbocycles. The maximum Gasteiger partial charge on any atom is 0.320 e. The van der Waals surface area contributed by atoms with Crippen molar-refractivity contribution in [3.63, 3.8) is 0 Å². The average molecular weight is 445 g/mol. The number of hydrogen-bond acceptors (Lipinski definition) is 5. The van der Waals surface area contributed by atoms with Crippen LogP contribution in [0, 0.1) is 11.3 Å². The number of ether oxygens (including phenoxy) is 1. The van der Waals surface area contributed by atoms with E-state index in [9.17, 15) is 4.79 Å². The van der Waals surface area contributed by atoms with Crippen molar-refractivity contribution in [3.8, 4) is 0 Å². The summed E-state index contributed by atoms with van der Waals surface area (Å²) in [6, 6.07) is 9.76. The molecule has 5 heterocycles. The standard InChI is InChI=1S/C24H36N4O2S/c1-24(2)15-19-16-27(23(29)26-7-11-30-12-8-26)18-22(24)28(17-19)21-5-3-20(4-6-21)25-9-13-31-14-10-25/h3-6,19,22H,7-18H2,1-2H3. The Bertz CT molecular complexity index is 774. The summed E-state index contributed by atoms with van der Waals surface area (Å²) in [6.07, 6.45) is 1.19. The summed E-state index contributed by atoms with van der Waals surface area (Å²) in [4.78, 5) is 22.5. The third-order valence-electron chi connectivity index (χ3n) is 7.53. The molecular weight excluding hydrogens is 408 g/mol. The van der Waals surface area contributed by atoms with E-state index in [1.807, 2.05) is 16.7 Å². The van der Waals surface area contributed by atoms with Gasteiger partial charge in [0, 0.05) is 68.7 Å². The Balaban J connectivity index is 1.34. The monoisotopic (exact) mass is 444 g/mol. The van der Waals surface area contributed by atoms with Gasteiger partial charge in [-0.25, -0.2) is 4.79 Å². The van der Waals surface area contributed by atoms with Crippen LogP contribution in [0.2, 0.25) is 0 Å². The van der Waals surface area contributed by atoms with Gasteiger partial charge in [0.2, 0.25) is 0 Å². The predicted molar refractivity (Wildman–Crippen MR) is 128 cm³/mol. The second-order valence-corrected chi connectivity index (χ2v) is 11.4. The molecule has 31 heavy (non-hydrogen) atoms. The molecule has 0 saturated carbocycles. The first-order valence-electron chi connectivity index (χ1n) is 11.8. The minimum absolute atomic E-state index is 0.186. The van der Waals surface area contributed by atoms with E-state index in [1.165, 1.54) is 29.3 Å². The molecule has 2 unspecified atom stereocenters. The number of benzene rings is 1. The maximum atomic E-state index is 13.3. The Kier molecular flexibility index (Phi) is 5.99. The molecule has 0 aromatic heterocycles. The number of hydrogen-bond donors (Lipinski definition) is 0. The van der Waals surface area contributed by atoms with Crippen LogP contribution in [0.4, 0.5) is 16.2 Å². The van der Waals surface area contributed by atoms with Gasteiger partial charge in [-0.1, -0.05) is 13.8 Å². The van der Waals surface area contributed by atoms with Gasteiger partial charge in [-0.15, -0.1) is 0 Å². The highest BCUT2D eigenvalue weighted by Crippen LogP contribution is 2.43. The summed E-state index contributed by atoms with van der Waals surface area (Å²) in [5.74, 6) is 2.95. The first kappa shape index (κ1) is 21.3. The molecule has 2 bridgehead atoms. The second kappa shape index (κ2) is 8.74. The van der Waals surface area contributed by atoms with Crippen LogP contribution in [0.25, 0.3) is 0 Å². The zero-order valence-electron chi connectivity index (χ0n) is 19.0. The average Bonchev–Trinajstić information content (AvgIpc) is 3.07. The third-order valence-corrected chi connectivity index (χ3v) is 8.47. The van der Waals surface area contributed by atoms with Crippen molar-refractivity contribution in [3.05, 3.63) is 24.3 Å². The van der Waals surface area contributed by atoms with Crippen molar-refractivity contribution in [2.24, 2.45) is 11.3 Å². The number of carbonyl (C=O) groups is 1. The molecule has 2 atom stereocenters. The molecular formula is C24H36N4O2S. The van der Waals surface area contributed by atoms with E-state index < -0.39 is 0 Å². The highest BCUT2D eigenvalue weighted by atomic mass is 32.2. The molecule has 5 aliphatic rings. The van der Waals surface area contributed by atoms with Gasteiger partial charge in [0.15, 0.2) is 0 Å². The molecule has 1 aromatic carbocycles. The SMILES string of the molecule is CC1(C)CC2CN(C(=O)N3CCOCC3)CC1N(c1ccc(N3CCSCC3)cc1)C2. The molecule has 5 saturated heterocycles. The number of morpholine rings is 1. The fraction of sp³-hybridized carbons (Fsp3) is 0.708.